The molecule has 0 bridgehead atoms. The molecule has 3 nitrogen and oxygen atoms in total. The normalized spacial score (nSPS) is 12.4. The summed E-state index contributed by atoms with van der Waals surface area (Å²) in [5.41, 5.74) is 9.15. The average Bonchev–Trinajstić information content (AvgIpc) is 2.46. The molecule has 0 spiro atoms. The number of para-hydroxylation sites is 1. The Morgan fingerprint density at radius 2 is 1.67 bits per heavy atom. The van der Waals surface area contributed by atoms with Crippen LogP contribution in [-0.2, 0) is 6.54 Å². The SMILES string of the molecule is CC(C)Oc1ccc(C(C)NCc2ccccc2N)cc1. The van der Waals surface area contributed by atoms with Crippen molar-refractivity contribution in [2.75, 3.05) is 5.73 Å². The maximum absolute atomic E-state index is 5.96. The van der Waals surface area contributed by atoms with Crippen molar-refractivity contribution in [3.63, 3.8) is 0 Å². The Labute approximate surface area is 127 Å². The van der Waals surface area contributed by atoms with Crippen LogP contribution in [0.3, 0.4) is 0 Å². The van der Waals surface area contributed by atoms with Gasteiger partial charge in [0.1, 0.15) is 5.75 Å². The number of benzene rings is 2. The van der Waals surface area contributed by atoms with Crippen molar-refractivity contribution in [2.24, 2.45) is 0 Å². The van der Waals surface area contributed by atoms with Gasteiger partial charge in [-0.05, 0) is 50.1 Å². The van der Waals surface area contributed by atoms with Gasteiger partial charge in [0.2, 0.25) is 0 Å². The van der Waals surface area contributed by atoms with Crippen molar-refractivity contribution < 1.29 is 4.74 Å². The van der Waals surface area contributed by atoms with Crippen LogP contribution in [0.1, 0.15) is 37.9 Å². The molecule has 21 heavy (non-hydrogen) atoms. The van der Waals surface area contributed by atoms with Crippen molar-refractivity contribution in [1.82, 2.24) is 5.32 Å². The lowest BCUT2D eigenvalue weighted by Crippen LogP contribution is -2.18. The van der Waals surface area contributed by atoms with Crippen molar-refractivity contribution in [3.05, 3.63) is 59.7 Å². The highest BCUT2D eigenvalue weighted by Gasteiger charge is 2.06. The average molecular weight is 284 g/mol. The number of hydrogen-bond donors (Lipinski definition) is 2. The van der Waals surface area contributed by atoms with Gasteiger partial charge in [-0.3, -0.25) is 0 Å². The predicted molar refractivity (Wildman–Crippen MR) is 88.3 cm³/mol. The maximum atomic E-state index is 5.96. The first-order chi connectivity index (χ1) is 10.1. The van der Waals surface area contributed by atoms with Crippen molar-refractivity contribution in [3.8, 4) is 5.75 Å². The Morgan fingerprint density at radius 3 is 2.29 bits per heavy atom. The van der Waals surface area contributed by atoms with Gasteiger partial charge in [-0.2, -0.15) is 0 Å². The summed E-state index contributed by atoms with van der Waals surface area (Å²) in [5, 5.41) is 3.50. The van der Waals surface area contributed by atoms with E-state index in [1.165, 1.54) is 5.56 Å². The van der Waals surface area contributed by atoms with E-state index in [2.05, 4.69) is 30.4 Å². The van der Waals surface area contributed by atoms with Gasteiger partial charge in [0, 0.05) is 18.3 Å². The van der Waals surface area contributed by atoms with Crippen LogP contribution in [-0.4, -0.2) is 6.10 Å². The number of ether oxygens (including phenoxy) is 1. The van der Waals surface area contributed by atoms with Gasteiger partial charge in [0.05, 0.1) is 6.10 Å². The van der Waals surface area contributed by atoms with Crippen LogP contribution in [0.4, 0.5) is 5.69 Å². The first-order valence-corrected chi connectivity index (χ1v) is 7.39. The Balaban J connectivity index is 1.94. The van der Waals surface area contributed by atoms with E-state index in [0.29, 0.717) is 0 Å². The lowest BCUT2D eigenvalue weighted by molar-refractivity contribution is 0.242. The molecular formula is C18H24N2O. The highest BCUT2D eigenvalue weighted by molar-refractivity contribution is 5.46. The Kier molecular flexibility index (Phi) is 5.23. The predicted octanol–water partition coefficient (Wildman–Crippen LogP) is 3.91. The third kappa shape index (κ3) is 4.50. The molecule has 2 aromatic rings. The second-order valence-corrected chi connectivity index (χ2v) is 5.54. The fourth-order valence-corrected chi connectivity index (χ4v) is 2.18. The Hall–Kier alpha value is -2.00. The molecule has 0 radical (unpaired) electrons. The van der Waals surface area contributed by atoms with Crippen molar-refractivity contribution in [1.29, 1.82) is 0 Å². The largest absolute Gasteiger partial charge is 0.491 e. The molecule has 3 N–H and O–H groups in total. The molecule has 0 heterocycles. The summed E-state index contributed by atoms with van der Waals surface area (Å²) in [6, 6.07) is 16.4. The van der Waals surface area contributed by atoms with Crippen molar-refractivity contribution in [2.45, 2.75) is 39.5 Å². The maximum Gasteiger partial charge on any atom is 0.119 e. The minimum Gasteiger partial charge on any atom is -0.491 e. The number of anilines is 1. The molecule has 0 saturated carbocycles. The van der Waals surface area contributed by atoms with Crippen LogP contribution in [0.5, 0.6) is 5.75 Å². The highest BCUT2D eigenvalue weighted by Crippen LogP contribution is 2.19. The topological polar surface area (TPSA) is 47.3 Å². The lowest BCUT2D eigenvalue weighted by Gasteiger charge is -2.16. The van der Waals surface area contributed by atoms with Gasteiger partial charge in [0.15, 0.2) is 0 Å². The molecule has 112 valence electrons. The molecule has 2 rings (SSSR count). The summed E-state index contributed by atoms with van der Waals surface area (Å²) in [4.78, 5) is 0. The van der Waals surface area contributed by atoms with E-state index >= 15 is 0 Å². The second kappa shape index (κ2) is 7.14. The molecule has 3 heteroatoms. The standard InChI is InChI=1S/C18H24N2O/c1-13(2)21-17-10-8-15(9-11-17)14(3)20-12-16-6-4-5-7-18(16)19/h4-11,13-14,20H,12,19H2,1-3H3. The van der Waals surface area contributed by atoms with Gasteiger partial charge >= 0.3 is 0 Å². The minimum absolute atomic E-state index is 0.201. The van der Waals surface area contributed by atoms with Crippen LogP contribution >= 0.6 is 0 Å². The molecular weight excluding hydrogens is 260 g/mol. The zero-order chi connectivity index (χ0) is 15.2. The Bertz CT molecular complexity index is 564. The lowest BCUT2D eigenvalue weighted by atomic mass is 10.1. The Morgan fingerprint density at radius 1 is 1.00 bits per heavy atom. The number of nitrogens with two attached hydrogens (primary N) is 1. The van der Waals surface area contributed by atoms with Gasteiger partial charge in [0.25, 0.3) is 0 Å². The molecule has 0 aliphatic heterocycles. The van der Waals surface area contributed by atoms with E-state index in [1.807, 2.05) is 44.2 Å². The van der Waals surface area contributed by atoms with Gasteiger partial charge in [-0.1, -0.05) is 30.3 Å². The third-order valence-electron chi connectivity index (χ3n) is 3.41. The molecule has 0 saturated heterocycles. The van der Waals surface area contributed by atoms with Gasteiger partial charge in [-0.15, -0.1) is 0 Å². The van der Waals surface area contributed by atoms with Crippen LogP contribution in [0, 0.1) is 0 Å². The molecule has 0 fully saturated rings. The summed E-state index contributed by atoms with van der Waals surface area (Å²) in [5.74, 6) is 0.910. The number of hydrogen-bond acceptors (Lipinski definition) is 3. The zero-order valence-electron chi connectivity index (χ0n) is 13.0. The molecule has 0 aromatic heterocycles. The molecule has 0 aliphatic rings. The van der Waals surface area contributed by atoms with E-state index in [0.717, 1.165) is 23.5 Å². The van der Waals surface area contributed by atoms with Crippen LogP contribution < -0.4 is 15.8 Å². The summed E-state index contributed by atoms with van der Waals surface area (Å²) < 4.78 is 5.66. The van der Waals surface area contributed by atoms with Crippen LogP contribution in [0.15, 0.2) is 48.5 Å². The molecule has 1 atom stereocenters. The quantitative estimate of drug-likeness (QED) is 0.791. The van der Waals surface area contributed by atoms with Gasteiger partial charge < -0.3 is 15.8 Å². The molecule has 0 aliphatic carbocycles. The monoisotopic (exact) mass is 284 g/mol. The first kappa shape index (κ1) is 15.4. The fraction of sp³-hybridized carbons (Fsp3) is 0.333. The van der Waals surface area contributed by atoms with Crippen LogP contribution in [0.25, 0.3) is 0 Å². The van der Waals surface area contributed by atoms with E-state index < -0.39 is 0 Å². The second-order valence-electron chi connectivity index (χ2n) is 5.54. The van der Waals surface area contributed by atoms with Crippen molar-refractivity contribution >= 4 is 5.69 Å². The van der Waals surface area contributed by atoms with E-state index in [4.69, 9.17) is 10.5 Å². The molecule has 0 amide bonds. The number of nitrogen functional groups attached to an aromatic ring is 1. The summed E-state index contributed by atoms with van der Waals surface area (Å²) in [6.45, 7) is 6.97. The molecule has 1 unspecified atom stereocenters. The van der Waals surface area contributed by atoms with Crippen LogP contribution in [0.2, 0.25) is 0 Å². The molecule has 2 aromatic carbocycles. The summed E-state index contributed by atoms with van der Waals surface area (Å²) in [7, 11) is 0. The summed E-state index contributed by atoms with van der Waals surface area (Å²) in [6.07, 6.45) is 0.201. The van der Waals surface area contributed by atoms with E-state index in [9.17, 15) is 0 Å². The van der Waals surface area contributed by atoms with E-state index in [-0.39, 0.29) is 12.1 Å². The number of nitrogens with one attached hydrogen (secondary N) is 1. The smallest absolute Gasteiger partial charge is 0.119 e. The van der Waals surface area contributed by atoms with Gasteiger partial charge in [-0.25, -0.2) is 0 Å². The minimum atomic E-state index is 0.201. The first-order valence-electron chi connectivity index (χ1n) is 7.39. The fourth-order valence-electron chi connectivity index (χ4n) is 2.18. The third-order valence-corrected chi connectivity index (χ3v) is 3.41. The van der Waals surface area contributed by atoms with E-state index in [1.54, 1.807) is 0 Å². The zero-order valence-corrected chi connectivity index (χ0v) is 13.0. The number of rotatable bonds is 6. The summed E-state index contributed by atoms with van der Waals surface area (Å²) >= 11 is 0. The highest BCUT2D eigenvalue weighted by atomic mass is 16.5.